The summed E-state index contributed by atoms with van der Waals surface area (Å²) in [6, 6.07) is 1.60. The Labute approximate surface area is 151 Å². The van der Waals surface area contributed by atoms with Crippen LogP contribution in [0.5, 0.6) is 0 Å². The molecular weight excluding hydrogens is 334 g/mol. The van der Waals surface area contributed by atoms with E-state index in [1.165, 1.54) is 30.9 Å². The van der Waals surface area contributed by atoms with Gasteiger partial charge >= 0.3 is 5.69 Å². The number of amides is 1. The van der Waals surface area contributed by atoms with Gasteiger partial charge in [0.15, 0.2) is 0 Å². The minimum atomic E-state index is -0.503. The number of rotatable bonds is 4. The van der Waals surface area contributed by atoms with Gasteiger partial charge in [-0.15, -0.1) is 0 Å². The van der Waals surface area contributed by atoms with E-state index in [1.807, 2.05) is 0 Å². The average Bonchev–Trinajstić information content (AvgIpc) is 2.64. The quantitative estimate of drug-likeness (QED) is 0.840. The Morgan fingerprint density at radius 1 is 1.15 bits per heavy atom. The Kier molecular flexibility index (Phi) is 5.22. The molecule has 0 saturated carbocycles. The van der Waals surface area contributed by atoms with Crippen LogP contribution in [0.4, 0.5) is 0 Å². The summed E-state index contributed by atoms with van der Waals surface area (Å²) in [5.41, 5.74) is 0.123. The number of likely N-dealkylation sites (tertiary alicyclic amines) is 1. The summed E-state index contributed by atoms with van der Waals surface area (Å²) in [7, 11) is 2.95. The molecule has 2 aromatic heterocycles. The molecule has 1 fully saturated rings. The lowest BCUT2D eigenvalue weighted by molar-refractivity contribution is 0.0948. The van der Waals surface area contributed by atoms with Crippen molar-refractivity contribution in [1.82, 2.24) is 24.3 Å². The minimum absolute atomic E-state index is 0.177. The number of aryl methyl sites for hydroxylation is 2. The number of hydrogen-bond donors (Lipinski definition) is 1. The van der Waals surface area contributed by atoms with Crippen LogP contribution in [-0.2, 0) is 14.1 Å². The number of nitrogens with one attached hydrogen (secondary N) is 1. The van der Waals surface area contributed by atoms with Crippen molar-refractivity contribution in [3.05, 3.63) is 38.2 Å². The number of nitrogens with zero attached hydrogens (tertiary/aromatic N) is 4. The van der Waals surface area contributed by atoms with Crippen LogP contribution in [0, 0.1) is 6.92 Å². The van der Waals surface area contributed by atoms with Crippen molar-refractivity contribution >= 4 is 16.9 Å². The van der Waals surface area contributed by atoms with E-state index in [2.05, 4.69) is 15.2 Å². The second-order valence-corrected chi connectivity index (χ2v) is 6.87. The smallest absolute Gasteiger partial charge is 0.332 e. The van der Waals surface area contributed by atoms with Crippen molar-refractivity contribution in [2.24, 2.45) is 14.1 Å². The van der Waals surface area contributed by atoms with Crippen molar-refractivity contribution in [3.8, 4) is 0 Å². The van der Waals surface area contributed by atoms with Gasteiger partial charge in [0.05, 0.1) is 10.9 Å². The SMILES string of the molecule is Cc1cc(C(=O)NCCN2CCCCC2)c2c(=O)n(C)c(=O)n(C)c2n1. The fourth-order valence-corrected chi connectivity index (χ4v) is 3.47. The Balaban J connectivity index is 1.90. The fraction of sp³-hybridized carbons (Fsp3) is 0.556. The van der Waals surface area contributed by atoms with E-state index < -0.39 is 11.2 Å². The highest BCUT2D eigenvalue weighted by molar-refractivity contribution is 6.05. The van der Waals surface area contributed by atoms with Crippen LogP contribution in [0.1, 0.15) is 35.3 Å². The van der Waals surface area contributed by atoms with E-state index in [4.69, 9.17) is 0 Å². The topological polar surface area (TPSA) is 89.2 Å². The van der Waals surface area contributed by atoms with Gasteiger partial charge in [-0.3, -0.25) is 18.7 Å². The Bertz CT molecular complexity index is 954. The second kappa shape index (κ2) is 7.41. The van der Waals surface area contributed by atoms with Gasteiger partial charge in [0.1, 0.15) is 5.65 Å². The Morgan fingerprint density at radius 2 is 1.85 bits per heavy atom. The summed E-state index contributed by atoms with van der Waals surface area (Å²) < 4.78 is 2.30. The van der Waals surface area contributed by atoms with E-state index >= 15 is 0 Å². The van der Waals surface area contributed by atoms with Gasteiger partial charge in [-0.1, -0.05) is 6.42 Å². The molecule has 0 radical (unpaired) electrons. The first-order valence-electron chi connectivity index (χ1n) is 8.98. The maximum Gasteiger partial charge on any atom is 0.332 e. The van der Waals surface area contributed by atoms with E-state index in [-0.39, 0.29) is 22.5 Å². The third kappa shape index (κ3) is 3.41. The Hall–Kier alpha value is -2.48. The molecule has 1 saturated heterocycles. The fourth-order valence-electron chi connectivity index (χ4n) is 3.47. The highest BCUT2D eigenvalue weighted by atomic mass is 16.2. The predicted octanol–water partition coefficient (Wildman–Crippen LogP) is 0.156. The van der Waals surface area contributed by atoms with Gasteiger partial charge in [0, 0.05) is 32.9 Å². The van der Waals surface area contributed by atoms with Crippen molar-refractivity contribution in [2.45, 2.75) is 26.2 Å². The lowest BCUT2D eigenvalue weighted by Gasteiger charge is -2.26. The summed E-state index contributed by atoms with van der Waals surface area (Å²) in [5.74, 6) is -0.312. The van der Waals surface area contributed by atoms with Gasteiger partial charge in [0.25, 0.3) is 11.5 Å². The monoisotopic (exact) mass is 359 g/mol. The van der Waals surface area contributed by atoms with E-state index in [0.29, 0.717) is 12.2 Å². The van der Waals surface area contributed by atoms with Crippen molar-refractivity contribution in [2.75, 3.05) is 26.2 Å². The highest BCUT2D eigenvalue weighted by Crippen LogP contribution is 2.13. The van der Waals surface area contributed by atoms with Gasteiger partial charge < -0.3 is 10.2 Å². The first kappa shape index (κ1) is 18.3. The maximum absolute atomic E-state index is 12.7. The summed E-state index contributed by atoms with van der Waals surface area (Å²) in [4.78, 5) is 44.1. The first-order chi connectivity index (χ1) is 12.4. The molecule has 0 aromatic carbocycles. The molecule has 1 N–H and O–H groups in total. The molecule has 3 rings (SSSR count). The maximum atomic E-state index is 12.7. The molecular formula is C18H25N5O3. The lowest BCUT2D eigenvalue weighted by atomic mass is 10.1. The molecule has 1 amide bonds. The van der Waals surface area contributed by atoms with Crippen molar-refractivity contribution < 1.29 is 4.79 Å². The molecule has 8 heteroatoms. The summed E-state index contributed by atoms with van der Waals surface area (Å²) in [6.45, 7) is 5.19. The van der Waals surface area contributed by atoms with Crippen LogP contribution in [0.3, 0.4) is 0 Å². The molecule has 1 aliphatic heterocycles. The lowest BCUT2D eigenvalue weighted by Crippen LogP contribution is -2.40. The summed E-state index contributed by atoms with van der Waals surface area (Å²) in [5, 5.41) is 3.08. The summed E-state index contributed by atoms with van der Waals surface area (Å²) in [6.07, 6.45) is 3.67. The number of hydrogen-bond acceptors (Lipinski definition) is 5. The molecule has 0 atom stereocenters. The zero-order valence-corrected chi connectivity index (χ0v) is 15.5. The molecule has 0 spiro atoms. The van der Waals surface area contributed by atoms with Gasteiger partial charge in [-0.05, 0) is 38.9 Å². The van der Waals surface area contributed by atoms with Gasteiger partial charge in [-0.2, -0.15) is 0 Å². The van der Waals surface area contributed by atoms with Gasteiger partial charge in [-0.25, -0.2) is 9.78 Å². The molecule has 1 aliphatic rings. The molecule has 8 nitrogen and oxygen atoms in total. The average molecular weight is 359 g/mol. The highest BCUT2D eigenvalue weighted by Gasteiger charge is 2.19. The molecule has 26 heavy (non-hydrogen) atoms. The number of pyridine rings is 1. The normalized spacial score (nSPS) is 15.3. The number of carbonyl (C=O) groups is 1. The number of fused-ring (bicyclic) bond motifs is 1. The molecule has 0 bridgehead atoms. The zero-order valence-electron chi connectivity index (χ0n) is 15.5. The van der Waals surface area contributed by atoms with Gasteiger partial charge in [0.2, 0.25) is 0 Å². The van der Waals surface area contributed by atoms with Crippen LogP contribution in [0.15, 0.2) is 15.7 Å². The second-order valence-electron chi connectivity index (χ2n) is 6.87. The molecule has 2 aromatic rings. The van der Waals surface area contributed by atoms with Crippen LogP contribution in [-0.4, -0.2) is 51.1 Å². The zero-order chi connectivity index (χ0) is 18.8. The van der Waals surface area contributed by atoms with Crippen molar-refractivity contribution in [3.63, 3.8) is 0 Å². The number of carbonyl (C=O) groups excluding carboxylic acids is 1. The molecule has 0 unspecified atom stereocenters. The first-order valence-corrected chi connectivity index (χ1v) is 8.98. The largest absolute Gasteiger partial charge is 0.351 e. The van der Waals surface area contributed by atoms with Crippen LogP contribution in [0.2, 0.25) is 0 Å². The standard InChI is InChI=1S/C18H25N5O3/c1-12-11-13(16(24)19-7-10-23-8-5-4-6-9-23)14-15(20-12)21(2)18(26)22(3)17(14)25/h11H,4-10H2,1-3H3,(H,19,24). The third-order valence-corrected chi connectivity index (χ3v) is 4.95. The van der Waals surface area contributed by atoms with Crippen LogP contribution in [0.25, 0.3) is 11.0 Å². The van der Waals surface area contributed by atoms with E-state index in [0.717, 1.165) is 24.2 Å². The van der Waals surface area contributed by atoms with Crippen LogP contribution >= 0.6 is 0 Å². The van der Waals surface area contributed by atoms with Crippen LogP contribution < -0.4 is 16.6 Å². The predicted molar refractivity (Wildman–Crippen MR) is 99.6 cm³/mol. The molecule has 3 heterocycles. The minimum Gasteiger partial charge on any atom is -0.351 e. The van der Waals surface area contributed by atoms with E-state index in [1.54, 1.807) is 20.0 Å². The molecule has 0 aliphatic carbocycles. The third-order valence-electron chi connectivity index (χ3n) is 4.95. The van der Waals surface area contributed by atoms with Crippen molar-refractivity contribution in [1.29, 1.82) is 0 Å². The Morgan fingerprint density at radius 3 is 2.54 bits per heavy atom. The summed E-state index contributed by atoms with van der Waals surface area (Å²) >= 11 is 0. The number of piperidine rings is 1. The number of aromatic nitrogens is 3. The van der Waals surface area contributed by atoms with E-state index in [9.17, 15) is 14.4 Å². The molecule has 140 valence electrons.